The third-order valence-electron chi connectivity index (χ3n) is 3.77. The normalized spacial score (nSPS) is 20.5. The van der Waals surface area contributed by atoms with Gasteiger partial charge in [-0.15, -0.1) is 10.2 Å². The van der Waals surface area contributed by atoms with Gasteiger partial charge in [0.1, 0.15) is 0 Å². The summed E-state index contributed by atoms with van der Waals surface area (Å²) in [6, 6.07) is 8.09. The van der Waals surface area contributed by atoms with Crippen LogP contribution in [-0.4, -0.2) is 52.1 Å². The van der Waals surface area contributed by atoms with E-state index in [1.807, 2.05) is 43.9 Å². The van der Waals surface area contributed by atoms with Crippen LogP contribution in [0.15, 0.2) is 28.6 Å². The minimum atomic E-state index is 0.0874. The van der Waals surface area contributed by atoms with Gasteiger partial charge in [-0.05, 0) is 38.5 Å². The number of hydrogen-bond donors (Lipinski definition) is 1. The third kappa shape index (κ3) is 5.17. The van der Waals surface area contributed by atoms with Crippen LogP contribution in [0.1, 0.15) is 19.4 Å². The molecule has 1 amide bonds. The Bertz CT molecular complexity index is 727. The molecule has 6 nitrogen and oxygen atoms in total. The molecule has 0 bridgehead atoms. The van der Waals surface area contributed by atoms with Crippen molar-refractivity contribution in [3.05, 3.63) is 29.8 Å². The first-order valence-electron chi connectivity index (χ1n) is 8.23. The van der Waals surface area contributed by atoms with Crippen LogP contribution in [0.3, 0.4) is 0 Å². The first kappa shape index (κ1) is 18.2. The Morgan fingerprint density at radius 1 is 1.36 bits per heavy atom. The van der Waals surface area contributed by atoms with Gasteiger partial charge >= 0.3 is 0 Å². The number of benzene rings is 1. The monoisotopic (exact) mass is 378 g/mol. The number of nitrogens with zero attached hydrogens (tertiary/aromatic N) is 3. The molecule has 0 saturated carbocycles. The van der Waals surface area contributed by atoms with Crippen molar-refractivity contribution in [2.75, 3.05) is 24.2 Å². The molecular formula is C17H22N4O2S2. The standard InChI is InChI=1S/C17H22N4O2S2/c1-11-5-4-6-14(7-11)18-16-19-20-17(25-16)24-10-15(22)21-8-12(2)23-13(3)9-21/h4-7,12-13H,8-10H2,1-3H3,(H,18,19)/t12-,13-/m1/s1. The van der Waals surface area contributed by atoms with E-state index in [1.54, 1.807) is 0 Å². The highest BCUT2D eigenvalue weighted by molar-refractivity contribution is 8.01. The van der Waals surface area contributed by atoms with Crippen LogP contribution in [0.2, 0.25) is 0 Å². The lowest BCUT2D eigenvalue weighted by Gasteiger charge is -2.35. The van der Waals surface area contributed by atoms with Gasteiger partial charge < -0.3 is 15.0 Å². The van der Waals surface area contributed by atoms with Crippen LogP contribution in [0.25, 0.3) is 0 Å². The van der Waals surface area contributed by atoms with Gasteiger partial charge in [0.2, 0.25) is 11.0 Å². The van der Waals surface area contributed by atoms with Crippen LogP contribution in [-0.2, 0) is 9.53 Å². The maximum atomic E-state index is 12.4. The molecule has 1 N–H and O–H groups in total. The van der Waals surface area contributed by atoms with Crippen molar-refractivity contribution >= 4 is 39.8 Å². The number of aryl methyl sites for hydroxylation is 1. The second-order valence-electron chi connectivity index (χ2n) is 6.21. The van der Waals surface area contributed by atoms with Gasteiger partial charge in [0, 0.05) is 18.8 Å². The summed E-state index contributed by atoms with van der Waals surface area (Å²) >= 11 is 2.89. The molecule has 0 radical (unpaired) electrons. The Kier molecular flexibility index (Phi) is 5.93. The molecule has 1 aliphatic heterocycles. The Hall–Kier alpha value is -1.64. The number of aromatic nitrogens is 2. The number of rotatable bonds is 5. The van der Waals surface area contributed by atoms with Crippen LogP contribution in [0.5, 0.6) is 0 Å². The van der Waals surface area contributed by atoms with Crippen molar-refractivity contribution in [2.45, 2.75) is 37.3 Å². The summed E-state index contributed by atoms with van der Waals surface area (Å²) in [5.74, 6) is 0.494. The van der Waals surface area contributed by atoms with Gasteiger partial charge in [-0.2, -0.15) is 0 Å². The van der Waals surface area contributed by atoms with E-state index < -0.39 is 0 Å². The van der Waals surface area contributed by atoms with E-state index in [0.29, 0.717) is 18.8 Å². The minimum absolute atomic E-state index is 0.0874. The van der Waals surface area contributed by atoms with Crippen molar-refractivity contribution in [2.24, 2.45) is 0 Å². The number of morpholine rings is 1. The van der Waals surface area contributed by atoms with Crippen molar-refractivity contribution < 1.29 is 9.53 Å². The first-order chi connectivity index (χ1) is 12.0. The molecule has 1 aliphatic rings. The molecular weight excluding hydrogens is 356 g/mol. The molecule has 2 atom stereocenters. The average Bonchev–Trinajstić information content (AvgIpc) is 2.99. The minimum Gasteiger partial charge on any atom is -0.372 e. The number of thioether (sulfide) groups is 1. The predicted octanol–water partition coefficient (Wildman–Crippen LogP) is 3.32. The van der Waals surface area contributed by atoms with Crippen molar-refractivity contribution in [1.82, 2.24) is 15.1 Å². The summed E-state index contributed by atoms with van der Waals surface area (Å²) in [6.45, 7) is 7.35. The maximum Gasteiger partial charge on any atom is 0.233 e. The molecule has 1 saturated heterocycles. The number of hydrogen-bond acceptors (Lipinski definition) is 7. The molecule has 1 aromatic carbocycles. The second-order valence-corrected chi connectivity index (χ2v) is 8.41. The number of carbonyl (C=O) groups excluding carboxylic acids is 1. The molecule has 25 heavy (non-hydrogen) atoms. The quantitative estimate of drug-likeness (QED) is 0.805. The zero-order chi connectivity index (χ0) is 17.8. The number of anilines is 2. The highest BCUT2D eigenvalue weighted by Gasteiger charge is 2.25. The van der Waals surface area contributed by atoms with E-state index in [4.69, 9.17) is 4.74 Å². The number of carbonyl (C=O) groups is 1. The SMILES string of the molecule is Cc1cccc(Nc2nnc(SCC(=O)N3C[C@@H](C)O[C@H](C)C3)s2)c1. The van der Waals surface area contributed by atoms with Gasteiger partial charge in [-0.3, -0.25) is 4.79 Å². The lowest BCUT2D eigenvalue weighted by Crippen LogP contribution is -2.48. The maximum absolute atomic E-state index is 12.4. The molecule has 1 fully saturated rings. The molecule has 2 heterocycles. The Labute approximate surface area is 156 Å². The molecule has 0 aliphatic carbocycles. The van der Waals surface area contributed by atoms with E-state index in [9.17, 15) is 4.79 Å². The smallest absolute Gasteiger partial charge is 0.233 e. The van der Waals surface area contributed by atoms with Gasteiger partial charge in [-0.1, -0.05) is 35.2 Å². The zero-order valence-corrected chi connectivity index (χ0v) is 16.2. The largest absolute Gasteiger partial charge is 0.372 e. The van der Waals surface area contributed by atoms with Gasteiger partial charge in [0.25, 0.3) is 0 Å². The second kappa shape index (κ2) is 8.16. The van der Waals surface area contributed by atoms with E-state index in [0.717, 1.165) is 15.2 Å². The van der Waals surface area contributed by atoms with E-state index in [1.165, 1.54) is 28.7 Å². The Balaban J connectivity index is 1.52. The molecule has 3 rings (SSSR count). The lowest BCUT2D eigenvalue weighted by atomic mass is 10.2. The zero-order valence-electron chi connectivity index (χ0n) is 14.6. The highest BCUT2D eigenvalue weighted by Crippen LogP contribution is 2.28. The van der Waals surface area contributed by atoms with Gasteiger partial charge in [0.15, 0.2) is 4.34 Å². The molecule has 1 aromatic heterocycles. The third-order valence-corrected chi connectivity index (χ3v) is 5.72. The summed E-state index contributed by atoms with van der Waals surface area (Å²) in [5.41, 5.74) is 2.17. The molecule has 0 unspecified atom stereocenters. The van der Waals surface area contributed by atoms with E-state index in [-0.39, 0.29) is 18.1 Å². The topological polar surface area (TPSA) is 67.4 Å². The van der Waals surface area contributed by atoms with Gasteiger partial charge in [0.05, 0.1) is 18.0 Å². The summed E-state index contributed by atoms with van der Waals surface area (Å²) in [7, 11) is 0. The summed E-state index contributed by atoms with van der Waals surface area (Å²) in [5, 5.41) is 12.3. The average molecular weight is 379 g/mol. The van der Waals surface area contributed by atoms with Crippen LogP contribution < -0.4 is 5.32 Å². The van der Waals surface area contributed by atoms with Crippen LogP contribution in [0.4, 0.5) is 10.8 Å². The highest BCUT2D eigenvalue weighted by atomic mass is 32.2. The first-order valence-corrected chi connectivity index (χ1v) is 10.0. The number of nitrogens with one attached hydrogen (secondary N) is 1. The van der Waals surface area contributed by atoms with Crippen molar-refractivity contribution in [3.8, 4) is 0 Å². The summed E-state index contributed by atoms with van der Waals surface area (Å²) in [6.07, 6.45) is 0.175. The molecule has 8 heteroatoms. The van der Waals surface area contributed by atoms with E-state index >= 15 is 0 Å². The number of ether oxygens (including phenoxy) is 1. The lowest BCUT2D eigenvalue weighted by molar-refractivity contribution is -0.140. The fourth-order valence-corrected chi connectivity index (χ4v) is 4.44. The molecule has 2 aromatic rings. The molecule has 134 valence electrons. The fourth-order valence-electron chi connectivity index (χ4n) is 2.76. The Morgan fingerprint density at radius 2 is 2.12 bits per heavy atom. The molecule has 0 spiro atoms. The number of amides is 1. The van der Waals surface area contributed by atoms with Crippen molar-refractivity contribution in [3.63, 3.8) is 0 Å². The van der Waals surface area contributed by atoms with Crippen molar-refractivity contribution in [1.29, 1.82) is 0 Å². The van der Waals surface area contributed by atoms with Gasteiger partial charge in [-0.25, -0.2) is 0 Å². The summed E-state index contributed by atoms with van der Waals surface area (Å²) < 4.78 is 6.46. The summed E-state index contributed by atoms with van der Waals surface area (Å²) in [4.78, 5) is 14.3. The fraction of sp³-hybridized carbons (Fsp3) is 0.471. The predicted molar refractivity (Wildman–Crippen MR) is 102 cm³/mol. The van der Waals surface area contributed by atoms with Crippen LogP contribution >= 0.6 is 23.1 Å². The van der Waals surface area contributed by atoms with E-state index in [2.05, 4.69) is 21.6 Å². The Morgan fingerprint density at radius 3 is 2.84 bits per heavy atom. The van der Waals surface area contributed by atoms with Crippen LogP contribution in [0, 0.1) is 6.92 Å².